The lowest BCUT2D eigenvalue weighted by Gasteiger charge is -2.51. The van der Waals surface area contributed by atoms with Crippen LogP contribution in [0.2, 0.25) is 0 Å². The van der Waals surface area contributed by atoms with E-state index in [1.54, 1.807) is 5.57 Å². The molecule has 2 saturated carbocycles. The van der Waals surface area contributed by atoms with Crippen molar-refractivity contribution in [2.75, 3.05) is 0 Å². The molecule has 118 valence electrons. The number of carbonyl (C=O) groups excluding carboxylic acids is 1. The minimum Gasteiger partial charge on any atom is -0.393 e. The van der Waals surface area contributed by atoms with E-state index in [0.29, 0.717) is 24.2 Å². The number of ketones is 1. The molecule has 22 heavy (non-hydrogen) atoms. The Morgan fingerprint density at radius 3 is 2.86 bits per heavy atom. The molecule has 4 aliphatic carbocycles. The highest BCUT2D eigenvalue weighted by molar-refractivity contribution is 5.87. The number of terminal acetylenes is 1. The Balaban J connectivity index is 1.65. The predicted octanol–water partition coefficient (Wildman–Crippen LogP) is 3.49. The highest BCUT2D eigenvalue weighted by Gasteiger charge is 2.55. The van der Waals surface area contributed by atoms with Gasteiger partial charge in [0.1, 0.15) is 0 Å². The Morgan fingerprint density at radius 2 is 2.09 bits per heavy atom. The van der Waals surface area contributed by atoms with E-state index in [9.17, 15) is 9.90 Å². The van der Waals surface area contributed by atoms with Gasteiger partial charge in [0.25, 0.3) is 0 Å². The topological polar surface area (TPSA) is 37.3 Å². The Morgan fingerprint density at radius 1 is 1.27 bits per heavy atom. The summed E-state index contributed by atoms with van der Waals surface area (Å²) in [6, 6.07) is 0. The molecule has 2 nitrogen and oxygen atoms in total. The van der Waals surface area contributed by atoms with Gasteiger partial charge < -0.3 is 5.11 Å². The summed E-state index contributed by atoms with van der Waals surface area (Å²) < 4.78 is 0. The minimum absolute atomic E-state index is 0.111. The molecule has 0 radical (unpaired) electrons. The van der Waals surface area contributed by atoms with Gasteiger partial charge in [0, 0.05) is 6.42 Å². The zero-order chi connectivity index (χ0) is 15.5. The monoisotopic (exact) mass is 298 g/mol. The molecule has 0 spiro atoms. The number of aliphatic hydroxyl groups excluding tert-OH is 1. The van der Waals surface area contributed by atoms with Crippen molar-refractivity contribution < 1.29 is 9.90 Å². The van der Waals surface area contributed by atoms with Crippen LogP contribution in [0.15, 0.2) is 11.1 Å². The molecule has 0 saturated heterocycles. The summed E-state index contributed by atoms with van der Waals surface area (Å²) in [5, 5.41) is 10.4. The van der Waals surface area contributed by atoms with Crippen molar-refractivity contribution in [2.45, 2.75) is 64.4 Å². The van der Waals surface area contributed by atoms with Gasteiger partial charge in [-0.15, -0.1) is 6.42 Å². The maximum atomic E-state index is 12.1. The number of hydrogen-bond acceptors (Lipinski definition) is 2. The lowest BCUT2D eigenvalue weighted by molar-refractivity contribution is -0.121. The van der Waals surface area contributed by atoms with Crippen molar-refractivity contribution >= 4 is 5.78 Å². The summed E-state index contributed by atoms with van der Waals surface area (Å²) in [4.78, 5) is 12.1. The van der Waals surface area contributed by atoms with Crippen LogP contribution < -0.4 is 0 Å². The van der Waals surface area contributed by atoms with E-state index in [2.05, 4.69) is 12.8 Å². The van der Waals surface area contributed by atoms with Crippen molar-refractivity contribution in [3.63, 3.8) is 0 Å². The van der Waals surface area contributed by atoms with E-state index in [1.807, 2.05) is 0 Å². The Bertz CT molecular complexity index is 581. The highest BCUT2D eigenvalue weighted by atomic mass is 16.3. The molecule has 0 aromatic rings. The fourth-order valence-electron chi connectivity index (χ4n) is 6.18. The van der Waals surface area contributed by atoms with Gasteiger partial charge in [-0.05, 0) is 68.1 Å². The second kappa shape index (κ2) is 4.96. The van der Waals surface area contributed by atoms with Gasteiger partial charge in [0.05, 0.1) is 12.0 Å². The smallest absolute Gasteiger partial charge is 0.152 e. The van der Waals surface area contributed by atoms with E-state index in [1.165, 1.54) is 24.8 Å². The predicted molar refractivity (Wildman–Crippen MR) is 85.9 cm³/mol. The van der Waals surface area contributed by atoms with Gasteiger partial charge in [0.15, 0.2) is 5.78 Å². The molecule has 0 aromatic heterocycles. The number of aliphatic hydroxyl groups is 1. The summed E-state index contributed by atoms with van der Waals surface area (Å²) in [6.45, 7) is 2.31. The summed E-state index contributed by atoms with van der Waals surface area (Å²) in [5.41, 5.74) is 3.09. The molecule has 2 fully saturated rings. The van der Waals surface area contributed by atoms with Crippen molar-refractivity contribution in [3.05, 3.63) is 11.1 Å². The first kappa shape index (κ1) is 14.5. The maximum Gasteiger partial charge on any atom is 0.152 e. The summed E-state index contributed by atoms with van der Waals surface area (Å²) in [6.07, 6.45) is 13.7. The first-order chi connectivity index (χ1) is 10.5. The summed E-state index contributed by atoms with van der Waals surface area (Å²) >= 11 is 0. The van der Waals surface area contributed by atoms with Gasteiger partial charge in [-0.2, -0.15) is 0 Å². The standard InChI is InChI=1S/C20H26O2/c1-3-12-10-16-13(11-18(12)21)4-5-15-14(16)8-9-20(2)17(15)6-7-19(20)22/h1,12,14-15,17,19,22H,4-11H2,2H3/t12?,14-,15+,17-,19?,20-/m0/s1. The van der Waals surface area contributed by atoms with Gasteiger partial charge in [-0.1, -0.05) is 24.0 Å². The molecule has 0 heterocycles. The molecule has 0 aromatic carbocycles. The van der Waals surface area contributed by atoms with E-state index in [-0.39, 0.29) is 23.2 Å². The van der Waals surface area contributed by atoms with Crippen LogP contribution in [0.5, 0.6) is 0 Å². The normalized spacial score (nSPS) is 47.5. The molecule has 0 aliphatic heterocycles. The van der Waals surface area contributed by atoms with Crippen molar-refractivity contribution in [3.8, 4) is 12.3 Å². The molecule has 6 atom stereocenters. The number of rotatable bonds is 0. The van der Waals surface area contributed by atoms with Crippen LogP contribution in [0.25, 0.3) is 0 Å². The van der Waals surface area contributed by atoms with E-state index < -0.39 is 0 Å². The summed E-state index contributed by atoms with van der Waals surface area (Å²) in [5.74, 6) is 4.81. The van der Waals surface area contributed by atoms with Gasteiger partial charge in [0.2, 0.25) is 0 Å². The number of carbonyl (C=O) groups is 1. The Kier molecular flexibility index (Phi) is 3.28. The lowest BCUT2D eigenvalue weighted by atomic mass is 9.54. The largest absolute Gasteiger partial charge is 0.393 e. The number of allylic oxidation sites excluding steroid dienone is 2. The first-order valence-electron chi connectivity index (χ1n) is 8.92. The van der Waals surface area contributed by atoms with Crippen LogP contribution in [-0.2, 0) is 4.79 Å². The van der Waals surface area contributed by atoms with Gasteiger partial charge >= 0.3 is 0 Å². The fourth-order valence-corrected chi connectivity index (χ4v) is 6.18. The minimum atomic E-state index is -0.181. The molecule has 4 rings (SSSR count). The molecule has 2 heteroatoms. The van der Waals surface area contributed by atoms with Crippen LogP contribution in [0.4, 0.5) is 0 Å². The molecule has 2 unspecified atom stereocenters. The quantitative estimate of drug-likeness (QED) is 0.549. The summed E-state index contributed by atoms with van der Waals surface area (Å²) in [7, 11) is 0. The van der Waals surface area contributed by atoms with Crippen molar-refractivity contribution in [1.29, 1.82) is 0 Å². The lowest BCUT2D eigenvalue weighted by Crippen LogP contribution is -2.45. The van der Waals surface area contributed by atoms with Crippen molar-refractivity contribution in [2.24, 2.45) is 29.1 Å². The van der Waals surface area contributed by atoms with Crippen LogP contribution >= 0.6 is 0 Å². The number of hydrogen-bond donors (Lipinski definition) is 1. The Hall–Kier alpha value is -1.07. The van der Waals surface area contributed by atoms with Gasteiger partial charge in [-0.25, -0.2) is 0 Å². The van der Waals surface area contributed by atoms with Gasteiger partial charge in [-0.3, -0.25) is 4.79 Å². The SMILES string of the molecule is C#CC1CC2=C(CC[C@@H]3[C@@H]2CC[C@]2(C)C(O)CC[C@@H]32)CC1=O. The Labute approximate surface area is 133 Å². The molecule has 0 bridgehead atoms. The molecular formula is C20H26O2. The molecule has 0 amide bonds. The third-order valence-corrected chi connectivity index (χ3v) is 7.47. The fraction of sp³-hybridized carbons (Fsp3) is 0.750. The van der Waals surface area contributed by atoms with Crippen LogP contribution in [0.3, 0.4) is 0 Å². The van der Waals surface area contributed by atoms with E-state index >= 15 is 0 Å². The second-order valence-corrected chi connectivity index (χ2v) is 8.25. The van der Waals surface area contributed by atoms with Crippen molar-refractivity contribution in [1.82, 2.24) is 0 Å². The molecule has 4 aliphatic rings. The molecular weight excluding hydrogens is 272 g/mol. The van der Waals surface area contributed by atoms with E-state index in [0.717, 1.165) is 25.7 Å². The highest BCUT2D eigenvalue weighted by Crippen LogP contribution is 2.61. The number of Topliss-reactive ketones (excluding diaryl/α,β-unsaturated/α-hetero) is 1. The third-order valence-electron chi connectivity index (χ3n) is 7.47. The second-order valence-electron chi connectivity index (χ2n) is 8.25. The zero-order valence-corrected chi connectivity index (χ0v) is 13.5. The third kappa shape index (κ3) is 1.88. The maximum absolute atomic E-state index is 12.1. The van der Waals surface area contributed by atoms with Crippen LogP contribution in [0, 0.1) is 41.4 Å². The number of fused-ring (bicyclic) bond motifs is 4. The van der Waals surface area contributed by atoms with Crippen LogP contribution in [-0.4, -0.2) is 17.0 Å². The average Bonchev–Trinajstić information content (AvgIpc) is 2.82. The zero-order valence-electron chi connectivity index (χ0n) is 13.5. The first-order valence-corrected chi connectivity index (χ1v) is 8.92. The molecule has 1 N–H and O–H groups in total. The van der Waals surface area contributed by atoms with E-state index in [4.69, 9.17) is 6.42 Å². The van der Waals surface area contributed by atoms with Crippen LogP contribution in [0.1, 0.15) is 58.3 Å². The average molecular weight is 298 g/mol.